The van der Waals surface area contributed by atoms with Crippen LogP contribution in [0.4, 0.5) is 14.9 Å². The van der Waals surface area contributed by atoms with E-state index in [1.807, 2.05) is 24.3 Å². The summed E-state index contributed by atoms with van der Waals surface area (Å²) >= 11 is 10.5. The lowest BCUT2D eigenvalue weighted by atomic mass is 10.1. The summed E-state index contributed by atoms with van der Waals surface area (Å²) < 4.78 is 25.6. The van der Waals surface area contributed by atoms with E-state index in [0.29, 0.717) is 28.8 Å². The van der Waals surface area contributed by atoms with Gasteiger partial charge in [-0.25, -0.2) is 4.39 Å². The zero-order valence-corrected chi connectivity index (χ0v) is 22.5. The molecule has 1 N–H and O–H groups in total. The number of anilines is 1. The van der Waals surface area contributed by atoms with Gasteiger partial charge in [0.25, 0.3) is 11.1 Å². The van der Waals surface area contributed by atoms with E-state index < -0.39 is 29.4 Å². The fraction of sp³-hybridized carbons (Fsp3) is 0.115. The number of carbonyl (C=O) groups is 3. The summed E-state index contributed by atoms with van der Waals surface area (Å²) in [4.78, 5) is 38.5. The Balaban J connectivity index is 1.46. The smallest absolute Gasteiger partial charge is 0.294 e. The number of ether oxygens (including phenoxy) is 2. The van der Waals surface area contributed by atoms with E-state index in [9.17, 15) is 18.8 Å². The Labute approximate surface area is 229 Å². The van der Waals surface area contributed by atoms with Crippen molar-refractivity contribution in [2.24, 2.45) is 0 Å². The third kappa shape index (κ3) is 6.71. The molecular weight excluding hydrogens is 587 g/mol. The minimum absolute atomic E-state index is 0.116. The molecule has 0 aromatic heterocycles. The first kappa shape index (κ1) is 26.7. The van der Waals surface area contributed by atoms with Crippen molar-refractivity contribution in [3.63, 3.8) is 0 Å². The van der Waals surface area contributed by atoms with E-state index in [-0.39, 0.29) is 22.2 Å². The van der Waals surface area contributed by atoms with Crippen LogP contribution in [-0.4, -0.2) is 35.6 Å². The van der Waals surface area contributed by atoms with Crippen LogP contribution in [0.15, 0.2) is 70.0 Å². The van der Waals surface area contributed by atoms with Gasteiger partial charge in [-0.2, -0.15) is 0 Å². The van der Waals surface area contributed by atoms with Crippen LogP contribution in [0.5, 0.6) is 11.5 Å². The van der Waals surface area contributed by atoms with E-state index >= 15 is 0 Å². The van der Waals surface area contributed by atoms with Gasteiger partial charge in [-0.15, -0.1) is 0 Å². The second-order valence-electron chi connectivity index (χ2n) is 7.78. The number of thioether (sulfide) groups is 1. The molecule has 11 heteroatoms. The van der Waals surface area contributed by atoms with Crippen LogP contribution < -0.4 is 14.8 Å². The van der Waals surface area contributed by atoms with E-state index in [0.717, 1.165) is 21.0 Å². The molecular formula is C26H19BrClFN2O5S. The van der Waals surface area contributed by atoms with Gasteiger partial charge in [0.1, 0.15) is 19.0 Å². The van der Waals surface area contributed by atoms with Crippen LogP contribution in [0.2, 0.25) is 5.02 Å². The zero-order chi connectivity index (χ0) is 26.5. The molecule has 190 valence electrons. The van der Waals surface area contributed by atoms with Crippen molar-refractivity contribution < 1.29 is 28.2 Å². The highest BCUT2D eigenvalue weighted by Gasteiger charge is 2.36. The highest BCUT2D eigenvalue weighted by atomic mass is 79.9. The van der Waals surface area contributed by atoms with Gasteiger partial charge in [-0.05, 0) is 71.4 Å². The molecule has 0 saturated carbocycles. The Kier molecular flexibility index (Phi) is 8.52. The summed E-state index contributed by atoms with van der Waals surface area (Å²) in [5.74, 6) is -1.09. The molecule has 1 aliphatic heterocycles. The fourth-order valence-corrected chi connectivity index (χ4v) is 4.77. The number of hydrogen-bond acceptors (Lipinski definition) is 6. The van der Waals surface area contributed by atoms with Crippen LogP contribution in [0.25, 0.3) is 6.08 Å². The molecule has 0 unspecified atom stereocenters. The van der Waals surface area contributed by atoms with Crippen molar-refractivity contribution in [2.75, 3.05) is 19.0 Å². The lowest BCUT2D eigenvalue weighted by molar-refractivity contribution is -0.127. The van der Waals surface area contributed by atoms with Crippen LogP contribution in [0.1, 0.15) is 11.1 Å². The standard InChI is InChI=1S/C26H19BrClFN2O5S/c1-35-21-10-16(9-20(28)24(21)36-14-15-5-7-17(27)8-6-15)11-22-25(33)31(26(34)37-22)13-23(32)30-19-4-2-3-18(29)12-19/h2-12H,13-14H2,1H3,(H,30,32)/b22-11+. The van der Waals surface area contributed by atoms with Gasteiger partial charge in [-0.1, -0.05) is 45.7 Å². The molecule has 7 nitrogen and oxygen atoms in total. The average molecular weight is 606 g/mol. The van der Waals surface area contributed by atoms with E-state index in [1.54, 1.807) is 12.1 Å². The Hall–Kier alpha value is -3.34. The number of benzene rings is 3. The van der Waals surface area contributed by atoms with E-state index in [2.05, 4.69) is 21.2 Å². The molecule has 0 atom stereocenters. The summed E-state index contributed by atoms with van der Waals surface area (Å²) in [5, 5.41) is 2.13. The molecule has 1 saturated heterocycles. The summed E-state index contributed by atoms with van der Waals surface area (Å²) in [6.07, 6.45) is 1.49. The predicted molar refractivity (Wildman–Crippen MR) is 144 cm³/mol. The number of nitrogens with zero attached hydrogens (tertiary/aromatic N) is 1. The zero-order valence-electron chi connectivity index (χ0n) is 19.3. The van der Waals surface area contributed by atoms with Crippen LogP contribution in [0.3, 0.4) is 0 Å². The van der Waals surface area contributed by atoms with Crippen molar-refractivity contribution >= 4 is 68.1 Å². The van der Waals surface area contributed by atoms with Crippen molar-refractivity contribution in [3.05, 3.63) is 92.0 Å². The third-order valence-electron chi connectivity index (χ3n) is 5.13. The molecule has 3 amide bonds. The average Bonchev–Trinajstić information content (AvgIpc) is 3.11. The molecule has 4 rings (SSSR count). The molecule has 1 aliphatic rings. The fourth-order valence-electron chi connectivity index (χ4n) is 3.40. The quantitative estimate of drug-likeness (QED) is 0.295. The van der Waals surface area contributed by atoms with Gasteiger partial charge in [0.05, 0.1) is 17.0 Å². The lowest BCUT2D eigenvalue weighted by Crippen LogP contribution is -2.36. The summed E-state index contributed by atoms with van der Waals surface area (Å²) in [5.41, 5.74) is 1.66. The maximum absolute atomic E-state index is 13.3. The van der Waals surface area contributed by atoms with Gasteiger partial charge in [0.15, 0.2) is 11.5 Å². The minimum Gasteiger partial charge on any atom is -0.493 e. The topological polar surface area (TPSA) is 84.9 Å². The van der Waals surface area contributed by atoms with Gasteiger partial charge >= 0.3 is 0 Å². The number of methoxy groups -OCH3 is 1. The molecule has 0 radical (unpaired) electrons. The van der Waals surface area contributed by atoms with Crippen molar-refractivity contribution in [2.45, 2.75) is 6.61 Å². The molecule has 1 heterocycles. The highest BCUT2D eigenvalue weighted by Crippen LogP contribution is 2.39. The van der Waals surface area contributed by atoms with Gasteiger partial charge in [-0.3, -0.25) is 19.3 Å². The van der Waals surface area contributed by atoms with Gasteiger partial charge in [0, 0.05) is 10.2 Å². The maximum atomic E-state index is 13.3. The Morgan fingerprint density at radius 2 is 1.92 bits per heavy atom. The molecule has 0 bridgehead atoms. The SMILES string of the molecule is COc1cc(/C=C2/SC(=O)N(CC(=O)Nc3cccc(F)c3)C2=O)cc(Cl)c1OCc1ccc(Br)cc1. The number of rotatable bonds is 8. The maximum Gasteiger partial charge on any atom is 0.294 e. The summed E-state index contributed by atoms with van der Waals surface area (Å²) in [6, 6.07) is 16.1. The lowest BCUT2D eigenvalue weighted by Gasteiger charge is -2.14. The Morgan fingerprint density at radius 3 is 2.62 bits per heavy atom. The number of carbonyl (C=O) groups excluding carboxylic acids is 3. The summed E-state index contributed by atoms with van der Waals surface area (Å²) in [6.45, 7) is -0.245. The predicted octanol–water partition coefficient (Wildman–Crippen LogP) is 6.50. The summed E-state index contributed by atoms with van der Waals surface area (Å²) in [7, 11) is 1.47. The highest BCUT2D eigenvalue weighted by molar-refractivity contribution is 9.10. The van der Waals surface area contributed by atoms with Crippen molar-refractivity contribution in [3.8, 4) is 11.5 Å². The monoisotopic (exact) mass is 604 g/mol. The van der Waals surface area contributed by atoms with Crippen LogP contribution >= 0.6 is 39.3 Å². The molecule has 3 aromatic carbocycles. The molecule has 37 heavy (non-hydrogen) atoms. The first-order valence-electron chi connectivity index (χ1n) is 10.8. The van der Waals surface area contributed by atoms with Crippen LogP contribution in [0, 0.1) is 5.82 Å². The number of halogens is 3. The number of amides is 3. The number of hydrogen-bond donors (Lipinski definition) is 1. The Bertz CT molecular complexity index is 1400. The third-order valence-corrected chi connectivity index (χ3v) is 6.85. The second-order valence-corrected chi connectivity index (χ2v) is 10.1. The molecule has 1 fully saturated rings. The number of nitrogens with one attached hydrogen (secondary N) is 1. The second kappa shape index (κ2) is 11.8. The van der Waals surface area contributed by atoms with Gasteiger partial charge < -0.3 is 14.8 Å². The van der Waals surface area contributed by atoms with Crippen LogP contribution in [-0.2, 0) is 16.2 Å². The first-order chi connectivity index (χ1) is 17.7. The van der Waals surface area contributed by atoms with E-state index in [4.69, 9.17) is 21.1 Å². The largest absolute Gasteiger partial charge is 0.493 e. The minimum atomic E-state index is -0.633. The van der Waals surface area contributed by atoms with Crippen molar-refractivity contribution in [1.82, 2.24) is 4.90 Å². The number of imide groups is 1. The van der Waals surface area contributed by atoms with Gasteiger partial charge in [0.2, 0.25) is 5.91 Å². The normalized spacial score (nSPS) is 14.3. The molecule has 0 spiro atoms. The van der Waals surface area contributed by atoms with E-state index in [1.165, 1.54) is 31.4 Å². The first-order valence-corrected chi connectivity index (χ1v) is 12.8. The molecule has 3 aromatic rings. The molecule has 0 aliphatic carbocycles. The van der Waals surface area contributed by atoms with Crippen molar-refractivity contribution in [1.29, 1.82) is 0 Å². The Morgan fingerprint density at radius 1 is 1.16 bits per heavy atom.